The second kappa shape index (κ2) is 56.1. The molecule has 0 aromatic carbocycles. The molecule has 0 radical (unpaired) electrons. The van der Waals surface area contributed by atoms with Crippen LogP contribution in [0, 0.1) is 0 Å². The topological polar surface area (TPSA) is 69.6 Å². The van der Waals surface area contributed by atoms with E-state index in [0.29, 0.717) is 6.42 Å². The van der Waals surface area contributed by atoms with Gasteiger partial charge in [0.1, 0.15) is 0 Å². The van der Waals surface area contributed by atoms with Gasteiger partial charge in [0.15, 0.2) is 0 Å². The summed E-state index contributed by atoms with van der Waals surface area (Å²) in [7, 11) is 0. The molecule has 4 heteroatoms. The molecule has 3 N–H and O–H groups in total. The quantitative estimate of drug-likeness (QED) is 0.0421. The van der Waals surface area contributed by atoms with Gasteiger partial charge in [-0.2, -0.15) is 0 Å². The highest BCUT2D eigenvalue weighted by molar-refractivity contribution is 5.76. The lowest BCUT2D eigenvalue weighted by Crippen LogP contribution is -2.45. The molecule has 0 bridgehead atoms. The van der Waals surface area contributed by atoms with Gasteiger partial charge in [0.25, 0.3) is 0 Å². The Hall–Kier alpha value is -3.21. The van der Waals surface area contributed by atoms with Crippen molar-refractivity contribution in [3.05, 3.63) is 122 Å². The van der Waals surface area contributed by atoms with Crippen LogP contribution in [0.3, 0.4) is 0 Å². The summed E-state index contributed by atoms with van der Waals surface area (Å²) in [6.45, 7) is 4.18. The average Bonchev–Trinajstić information content (AvgIpc) is 3.32. The fourth-order valence-corrected chi connectivity index (χ4v) is 7.74. The number of carbonyl (C=O) groups is 1. The molecule has 0 aromatic heterocycles. The summed E-state index contributed by atoms with van der Waals surface area (Å²) in [5, 5.41) is 23.1. The maximum Gasteiger partial charge on any atom is 0.220 e. The Morgan fingerprint density at radius 1 is 0.379 bits per heavy atom. The van der Waals surface area contributed by atoms with Crippen molar-refractivity contribution >= 4 is 5.91 Å². The third-order valence-electron chi connectivity index (χ3n) is 11.9. The van der Waals surface area contributed by atoms with Crippen LogP contribution in [0.5, 0.6) is 0 Å². The molecule has 0 heterocycles. The van der Waals surface area contributed by atoms with Gasteiger partial charge in [0.05, 0.1) is 18.8 Å². The van der Waals surface area contributed by atoms with Gasteiger partial charge in [-0.1, -0.05) is 264 Å². The number of hydrogen-bond donors (Lipinski definition) is 3. The van der Waals surface area contributed by atoms with Crippen LogP contribution in [-0.2, 0) is 4.79 Å². The van der Waals surface area contributed by atoms with E-state index in [0.717, 1.165) is 96.3 Å². The first-order valence-electron chi connectivity index (χ1n) is 27.7. The van der Waals surface area contributed by atoms with Gasteiger partial charge in [-0.25, -0.2) is 0 Å². The van der Waals surface area contributed by atoms with Crippen molar-refractivity contribution in [1.29, 1.82) is 0 Å². The standard InChI is InChI=1S/C62H105NO3/c1-3-5-7-9-11-13-15-17-19-21-23-25-27-28-29-30-31-32-33-34-36-38-40-42-44-46-48-50-52-54-56-58-62(66)63-60(59-64)61(65)57-55-53-51-49-47-45-43-41-39-37-35-26-24-22-20-18-16-14-12-10-8-6-4-2/h5,7,11,13,17,19,23,25,28-29,31-32,34,36,40,42,47,49,55,57,60-61,64-65H,3-4,6,8-10,12,14-16,18,20-22,24,26-27,30,33,35,37-39,41,43-46,48,50-54,56,58-59H2,1-2H3,(H,63,66)/b7-5-,13-11-,19-17-,25-23-,29-28-,32-31-,36-34-,42-40-,49-47+,57-55+. The molecular weight excluding hydrogens is 807 g/mol. The number of nitrogens with one attached hydrogen (secondary N) is 1. The largest absolute Gasteiger partial charge is 0.394 e. The third-order valence-corrected chi connectivity index (χ3v) is 11.9. The molecule has 0 rings (SSSR count). The van der Waals surface area contributed by atoms with Crippen molar-refractivity contribution in [3.63, 3.8) is 0 Å². The summed E-state index contributed by atoms with van der Waals surface area (Å²) in [5.41, 5.74) is 0. The van der Waals surface area contributed by atoms with E-state index in [-0.39, 0.29) is 12.5 Å². The molecule has 2 atom stereocenters. The minimum Gasteiger partial charge on any atom is -0.394 e. The Labute approximate surface area is 409 Å². The maximum absolute atomic E-state index is 12.5. The van der Waals surface area contributed by atoms with E-state index in [4.69, 9.17) is 0 Å². The van der Waals surface area contributed by atoms with Crippen LogP contribution in [0.4, 0.5) is 0 Å². The number of aliphatic hydroxyl groups excluding tert-OH is 2. The van der Waals surface area contributed by atoms with E-state index < -0.39 is 12.1 Å². The predicted octanol–water partition coefficient (Wildman–Crippen LogP) is 18.5. The van der Waals surface area contributed by atoms with Gasteiger partial charge < -0.3 is 15.5 Å². The lowest BCUT2D eigenvalue weighted by atomic mass is 10.0. The maximum atomic E-state index is 12.5. The summed E-state index contributed by atoms with van der Waals surface area (Å²) >= 11 is 0. The fraction of sp³-hybridized carbons (Fsp3) is 0.661. The monoisotopic (exact) mass is 912 g/mol. The molecule has 0 aliphatic heterocycles. The zero-order chi connectivity index (χ0) is 47.7. The summed E-state index contributed by atoms with van der Waals surface area (Å²) in [4.78, 5) is 12.5. The molecule has 0 spiro atoms. The fourth-order valence-electron chi connectivity index (χ4n) is 7.74. The molecule has 66 heavy (non-hydrogen) atoms. The molecule has 0 fully saturated rings. The number of aliphatic hydroxyl groups is 2. The lowest BCUT2D eigenvalue weighted by Gasteiger charge is -2.19. The first kappa shape index (κ1) is 62.8. The Balaban J connectivity index is 3.67. The van der Waals surface area contributed by atoms with Gasteiger partial charge in [-0.15, -0.1) is 0 Å². The molecule has 1 amide bonds. The van der Waals surface area contributed by atoms with Gasteiger partial charge in [-0.05, 0) is 96.3 Å². The number of allylic oxidation sites excluding steroid dienone is 19. The molecule has 0 aliphatic carbocycles. The van der Waals surface area contributed by atoms with Crippen LogP contribution in [0.25, 0.3) is 0 Å². The summed E-state index contributed by atoms with van der Waals surface area (Å²) in [5.74, 6) is -0.0923. The van der Waals surface area contributed by atoms with Crippen LogP contribution in [0.2, 0.25) is 0 Å². The van der Waals surface area contributed by atoms with Crippen molar-refractivity contribution in [2.45, 2.75) is 257 Å². The van der Waals surface area contributed by atoms with Crippen LogP contribution in [-0.4, -0.2) is 34.9 Å². The predicted molar refractivity (Wildman–Crippen MR) is 294 cm³/mol. The molecular formula is C62H105NO3. The molecule has 4 nitrogen and oxygen atoms in total. The van der Waals surface area contributed by atoms with Crippen LogP contribution >= 0.6 is 0 Å². The van der Waals surface area contributed by atoms with Crippen molar-refractivity contribution in [3.8, 4) is 0 Å². The second-order valence-corrected chi connectivity index (χ2v) is 18.3. The first-order valence-corrected chi connectivity index (χ1v) is 27.7. The van der Waals surface area contributed by atoms with E-state index in [2.05, 4.69) is 129 Å². The zero-order valence-corrected chi connectivity index (χ0v) is 43.2. The summed E-state index contributed by atoms with van der Waals surface area (Å²) in [6, 6.07) is -0.657. The van der Waals surface area contributed by atoms with Gasteiger partial charge in [0.2, 0.25) is 5.91 Å². The first-order chi connectivity index (χ1) is 32.7. The smallest absolute Gasteiger partial charge is 0.220 e. The Morgan fingerprint density at radius 3 is 1.06 bits per heavy atom. The highest BCUT2D eigenvalue weighted by Gasteiger charge is 2.17. The van der Waals surface area contributed by atoms with Crippen molar-refractivity contribution < 1.29 is 15.0 Å². The van der Waals surface area contributed by atoms with Gasteiger partial charge >= 0.3 is 0 Å². The second-order valence-electron chi connectivity index (χ2n) is 18.3. The zero-order valence-electron chi connectivity index (χ0n) is 43.2. The van der Waals surface area contributed by atoms with E-state index in [1.165, 1.54) is 128 Å². The third kappa shape index (κ3) is 51.8. The molecule has 0 aromatic rings. The summed E-state index contributed by atoms with van der Waals surface area (Å²) in [6.07, 6.45) is 86.3. The van der Waals surface area contributed by atoms with Crippen molar-refractivity contribution in [2.24, 2.45) is 0 Å². The van der Waals surface area contributed by atoms with Gasteiger partial charge in [-0.3, -0.25) is 4.79 Å². The molecule has 0 saturated heterocycles. The summed E-state index contributed by atoms with van der Waals surface area (Å²) < 4.78 is 0. The number of carbonyl (C=O) groups excluding carboxylic acids is 1. The minimum absolute atomic E-state index is 0.0923. The molecule has 0 aliphatic rings. The van der Waals surface area contributed by atoms with Crippen molar-refractivity contribution in [1.82, 2.24) is 5.32 Å². The van der Waals surface area contributed by atoms with Gasteiger partial charge in [0, 0.05) is 6.42 Å². The number of unbranched alkanes of at least 4 members (excludes halogenated alkanes) is 24. The number of amides is 1. The Kier molecular flexibility index (Phi) is 53.4. The van der Waals surface area contributed by atoms with E-state index in [1.54, 1.807) is 6.08 Å². The minimum atomic E-state index is -0.878. The Morgan fingerprint density at radius 2 is 0.682 bits per heavy atom. The number of hydrogen-bond acceptors (Lipinski definition) is 3. The van der Waals surface area contributed by atoms with Crippen LogP contribution < -0.4 is 5.32 Å². The average molecular weight is 913 g/mol. The normalized spacial score (nSPS) is 13.8. The van der Waals surface area contributed by atoms with Crippen LogP contribution in [0.1, 0.15) is 245 Å². The highest BCUT2D eigenvalue weighted by atomic mass is 16.3. The number of rotatable bonds is 49. The van der Waals surface area contributed by atoms with E-state index >= 15 is 0 Å². The molecule has 376 valence electrons. The van der Waals surface area contributed by atoms with E-state index in [9.17, 15) is 15.0 Å². The van der Waals surface area contributed by atoms with E-state index in [1.807, 2.05) is 6.08 Å². The highest BCUT2D eigenvalue weighted by Crippen LogP contribution is 2.15. The Bertz CT molecular complexity index is 1310. The van der Waals surface area contributed by atoms with Crippen LogP contribution in [0.15, 0.2) is 122 Å². The molecule has 2 unspecified atom stereocenters. The van der Waals surface area contributed by atoms with Crippen molar-refractivity contribution in [2.75, 3.05) is 6.61 Å². The lowest BCUT2D eigenvalue weighted by molar-refractivity contribution is -0.123. The SMILES string of the molecule is CC/C=C\C/C=C\C/C=C\C/C=C\C/C=C\C/C=C\C/C=C\C/C=C\CCCCCCCCC(=O)NC(CO)C(O)/C=C/CC/C=C/CCCCCCCCCCCCCCCCCCC. The molecule has 0 saturated carbocycles.